The molecule has 1 aliphatic rings. The largest absolute Gasteiger partial charge is 0.497 e. The van der Waals surface area contributed by atoms with E-state index in [1.54, 1.807) is 14.2 Å². The topological polar surface area (TPSA) is 69.2 Å². The summed E-state index contributed by atoms with van der Waals surface area (Å²) in [5.41, 5.74) is 2.65. The molecule has 0 saturated carbocycles. The summed E-state index contributed by atoms with van der Waals surface area (Å²) < 4.78 is 17.6. The third kappa shape index (κ3) is 5.88. The molecular weight excluding hydrogens is 551 g/mol. The van der Waals surface area contributed by atoms with Crippen LogP contribution in [0.5, 0.6) is 17.2 Å². The number of thioether (sulfide) groups is 1. The first-order chi connectivity index (χ1) is 16.1. The van der Waals surface area contributed by atoms with Gasteiger partial charge in [0.05, 0.1) is 28.4 Å². The van der Waals surface area contributed by atoms with Gasteiger partial charge in [-0.3, -0.25) is 4.79 Å². The number of halogens is 1. The van der Waals surface area contributed by atoms with Gasteiger partial charge in [-0.1, -0.05) is 30.3 Å². The monoisotopic (exact) mass is 572 g/mol. The normalized spacial score (nSPS) is 15.5. The van der Waals surface area contributed by atoms with E-state index in [2.05, 4.69) is 32.9 Å². The van der Waals surface area contributed by atoms with Gasteiger partial charge < -0.3 is 19.5 Å². The molecule has 0 aromatic heterocycles. The van der Waals surface area contributed by atoms with Crippen molar-refractivity contribution < 1.29 is 19.0 Å². The summed E-state index contributed by atoms with van der Waals surface area (Å²) in [6.45, 7) is 0.442. The van der Waals surface area contributed by atoms with Gasteiger partial charge in [0.1, 0.15) is 12.4 Å². The predicted octanol–water partition coefficient (Wildman–Crippen LogP) is 5.78. The lowest BCUT2D eigenvalue weighted by Crippen LogP contribution is -2.19. The Balaban J connectivity index is 1.52. The maximum absolute atomic E-state index is 12.5. The van der Waals surface area contributed by atoms with Gasteiger partial charge in [-0.2, -0.15) is 0 Å². The molecule has 168 valence electrons. The van der Waals surface area contributed by atoms with Gasteiger partial charge in [0.15, 0.2) is 16.7 Å². The van der Waals surface area contributed by atoms with Crippen LogP contribution in [-0.4, -0.2) is 25.3 Å². The SMILES string of the molecule is COc1ccc(N=C2NC(=O)/C(=C/c3cc(I)c(OCc4ccccc4)c(OC)c3)S2)cc1. The van der Waals surface area contributed by atoms with Gasteiger partial charge in [0.2, 0.25) is 0 Å². The van der Waals surface area contributed by atoms with Crippen molar-refractivity contribution in [2.45, 2.75) is 6.61 Å². The van der Waals surface area contributed by atoms with Crippen molar-refractivity contribution in [2.75, 3.05) is 14.2 Å². The van der Waals surface area contributed by atoms with Crippen LogP contribution >= 0.6 is 34.4 Å². The number of amides is 1. The fraction of sp³-hybridized carbons (Fsp3) is 0.120. The van der Waals surface area contributed by atoms with Crippen molar-refractivity contribution in [2.24, 2.45) is 4.99 Å². The van der Waals surface area contributed by atoms with Crippen molar-refractivity contribution in [3.8, 4) is 17.2 Å². The van der Waals surface area contributed by atoms with Crippen LogP contribution in [-0.2, 0) is 11.4 Å². The molecule has 3 aromatic rings. The number of methoxy groups -OCH3 is 2. The molecule has 1 heterocycles. The molecule has 1 saturated heterocycles. The van der Waals surface area contributed by atoms with Gasteiger partial charge in [-0.25, -0.2) is 4.99 Å². The number of nitrogens with one attached hydrogen (secondary N) is 1. The average Bonchev–Trinajstić information content (AvgIpc) is 3.17. The van der Waals surface area contributed by atoms with E-state index in [9.17, 15) is 4.79 Å². The molecule has 8 heteroatoms. The summed E-state index contributed by atoms with van der Waals surface area (Å²) in [4.78, 5) is 17.5. The molecule has 1 N–H and O–H groups in total. The lowest BCUT2D eigenvalue weighted by atomic mass is 10.2. The zero-order chi connectivity index (χ0) is 23.2. The Hall–Kier alpha value is -2.98. The second-order valence-corrected chi connectivity index (χ2v) is 9.18. The van der Waals surface area contributed by atoms with Crippen LogP contribution in [0.1, 0.15) is 11.1 Å². The summed E-state index contributed by atoms with van der Waals surface area (Å²) in [5, 5.41) is 3.34. The van der Waals surface area contributed by atoms with E-state index in [1.807, 2.05) is 72.8 Å². The summed E-state index contributed by atoms with van der Waals surface area (Å²) in [6, 6.07) is 21.1. The lowest BCUT2D eigenvalue weighted by Gasteiger charge is -2.14. The van der Waals surface area contributed by atoms with Gasteiger partial charge in [-0.05, 0) is 88.0 Å². The number of ether oxygens (including phenoxy) is 3. The molecule has 3 aromatic carbocycles. The molecule has 0 unspecified atom stereocenters. The summed E-state index contributed by atoms with van der Waals surface area (Å²) in [6.07, 6.45) is 1.82. The van der Waals surface area contributed by atoms with Crippen LogP contribution in [0.25, 0.3) is 6.08 Å². The second-order valence-electron chi connectivity index (χ2n) is 6.99. The highest BCUT2D eigenvalue weighted by Crippen LogP contribution is 2.36. The molecular formula is C25H21IN2O4S. The third-order valence-corrected chi connectivity index (χ3v) is 6.44. The van der Waals surface area contributed by atoms with Gasteiger partial charge in [-0.15, -0.1) is 0 Å². The van der Waals surface area contributed by atoms with Crippen molar-refractivity contribution in [3.63, 3.8) is 0 Å². The van der Waals surface area contributed by atoms with Crippen molar-refractivity contribution in [1.82, 2.24) is 5.32 Å². The van der Waals surface area contributed by atoms with E-state index in [1.165, 1.54) is 11.8 Å². The minimum Gasteiger partial charge on any atom is -0.497 e. The minimum absolute atomic E-state index is 0.189. The van der Waals surface area contributed by atoms with E-state index in [-0.39, 0.29) is 5.91 Å². The molecule has 1 aliphatic heterocycles. The summed E-state index contributed by atoms with van der Waals surface area (Å²) >= 11 is 3.51. The molecule has 0 aliphatic carbocycles. The Morgan fingerprint density at radius 2 is 1.79 bits per heavy atom. The first-order valence-corrected chi connectivity index (χ1v) is 11.9. The standard InChI is InChI=1S/C25H21IN2O4S/c1-30-19-10-8-18(9-11-19)27-25-28-24(29)22(33-25)14-17-12-20(26)23(21(13-17)31-2)32-15-16-6-4-3-5-7-16/h3-14H,15H2,1-2H3,(H,27,28,29)/b22-14-. The van der Waals surface area contributed by atoms with E-state index >= 15 is 0 Å². The van der Waals surface area contributed by atoms with Crippen molar-refractivity contribution >= 4 is 57.2 Å². The first-order valence-electron chi connectivity index (χ1n) is 10.0. The van der Waals surface area contributed by atoms with Crippen LogP contribution in [0, 0.1) is 3.57 Å². The maximum Gasteiger partial charge on any atom is 0.264 e. The second kappa shape index (κ2) is 10.8. The van der Waals surface area contributed by atoms with Gasteiger partial charge in [0.25, 0.3) is 5.91 Å². The van der Waals surface area contributed by atoms with Gasteiger partial charge >= 0.3 is 0 Å². The van der Waals surface area contributed by atoms with E-state index < -0.39 is 0 Å². The molecule has 0 radical (unpaired) electrons. The van der Waals surface area contributed by atoms with E-state index in [0.717, 1.165) is 26.1 Å². The summed E-state index contributed by atoms with van der Waals surface area (Å²) in [5.74, 6) is 1.85. The minimum atomic E-state index is -0.189. The Morgan fingerprint density at radius 1 is 1.03 bits per heavy atom. The Morgan fingerprint density at radius 3 is 2.48 bits per heavy atom. The number of carbonyl (C=O) groups excluding carboxylic acids is 1. The number of carbonyl (C=O) groups is 1. The Bertz CT molecular complexity index is 1210. The van der Waals surface area contributed by atoms with Crippen LogP contribution in [0.2, 0.25) is 0 Å². The number of rotatable bonds is 7. The number of hydrogen-bond donors (Lipinski definition) is 1. The highest BCUT2D eigenvalue weighted by atomic mass is 127. The maximum atomic E-state index is 12.5. The Kier molecular flexibility index (Phi) is 7.56. The van der Waals surface area contributed by atoms with Crippen molar-refractivity contribution in [3.05, 3.63) is 86.3 Å². The number of amidine groups is 1. The molecule has 6 nitrogen and oxygen atoms in total. The quantitative estimate of drug-likeness (QED) is 0.287. The molecule has 0 spiro atoms. The fourth-order valence-electron chi connectivity index (χ4n) is 3.10. The Labute approximate surface area is 210 Å². The smallest absolute Gasteiger partial charge is 0.264 e. The average molecular weight is 572 g/mol. The van der Waals surface area contributed by atoms with Crippen LogP contribution in [0.3, 0.4) is 0 Å². The highest BCUT2D eigenvalue weighted by Gasteiger charge is 2.24. The lowest BCUT2D eigenvalue weighted by molar-refractivity contribution is -0.115. The molecule has 4 rings (SSSR count). The highest BCUT2D eigenvalue weighted by molar-refractivity contribution is 14.1. The zero-order valence-electron chi connectivity index (χ0n) is 18.0. The molecule has 0 bridgehead atoms. The predicted molar refractivity (Wildman–Crippen MR) is 140 cm³/mol. The number of nitrogens with zero attached hydrogens (tertiary/aromatic N) is 1. The van der Waals surface area contributed by atoms with Crippen LogP contribution in [0.4, 0.5) is 5.69 Å². The van der Waals surface area contributed by atoms with Crippen LogP contribution < -0.4 is 19.5 Å². The zero-order valence-corrected chi connectivity index (χ0v) is 21.0. The molecule has 1 amide bonds. The van der Waals surface area contributed by atoms with E-state index in [0.29, 0.717) is 28.2 Å². The molecule has 33 heavy (non-hydrogen) atoms. The van der Waals surface area contributed by atoms with Crippen molar-refractivity contribution in [1.29, 1.82) is 0 Å². The van der Waals surface area contributed by atoms with E-state index in [4.69, 9.17) is 14.2 Å². The molecule has 0 atom stereocenters. The summed E-state index contributed by atoms with van der Waals surface area (Å²) in [7, 11) is 3.22. The third-order valence-electron chi connectivity index (χ3n) is 4.73. The first kappa shape index (κ1) is 23.2. The fourth-order valence-corrected chi connectivity index (χ4v) is 4.72. The van der Waals surface area contributed by atoms with Crippen LogP contribution in [0.15, 0.2) is 76.6 Å². The number of benzene rings is 3. The van der Waals surface area contributed by atoms with Gasteiger partial charge in [0, 0.05) is 0 Å². The number of hydrogen-bond acceptors (Lipinski definition) is 6. The molecule has 1 fully saturated rings. The number of aliphatic imine (C=N–C) groups is 1.